The normalized spacial score (nSPS) is 11.4. The molecule has 184 valence electrons. The molecule has 0 saturated carbocycles. The van der Waals surface area contributed by atoms with E-state index in [9.17, 15) is 9.59 Å². The highest BCUT2D eigenvalue weighted by Crippen LogP contribution is 2.22. The van der Waals surface area contributed by atoms with Crippen LogP contribution in [0.4, 0.5) is 4.79 Å². The first kappa shape index (κ1) is 24.5. The lowest BCUT2D eigenvalue weighted by Gasteiger charge is -2.17. The molecule has 36 heavy (non-hydrogen) atoms. The van der Waals surface area contributed by atoms with Crippen molar-refractivity contribution in [1.82, 2.24) is 10.3 Å². The number of benzene rings is 3. The minimum atomic E-state index is -0.941. The van der Waals surface area contributed by atoms with Crippen molar-refractivity contribution in [2.45, 2.75) is 25.7 Å². The van der Waals surface area contributed by atoms with Crippen LogP contribution in [0.5, 0.6) is 5.75 Å². The summed E-state index contributed by atoms with van der Waals surface area (Å²) in [6, 6.07) is 24.9. The standard InChI is InChI=1S/C28H26N2O6/c1-33-24-14-12-22(13-15-24)26-29-23(18-34-26)19-35-27(31)25(16-20-8-4-2-5-9-20)30-28(32)36-17-21-10-6-3-7-11-21/h2-15,18,25H,16-17,19H2,1H3,(H,30,32)/t25-/m0/s1. The molecule has 0 aliphatic rings. The predicted molar refractivity (Wildman–Crippen MR) is 132 cm³/mol. The Labute approximate surface area is 208 Å². The van der Waals surface area contributed by atoms with Crippen molar-refractivity contribution >= 4 is 12.1 Å². The smallest absolute Gasteiger partial charge is 0.408 e. The Morgan fingerprint density at radius 1 is 0.861 bits per heavy atom. The molecule has 3 aromatic carbocycles. The van der Waals surface area contributed by atoms with Gasteiger partial charge in [-0.2, -0.15) is 0 Å². The zero-order chi connectivity index (χ0) is 25.2. The quantitative estimate of drug-likeness (QED) is 0.317. The van der Waals surface area contributed by atoms with Crippen LogP contribution >= 0.6 is 0 Å². The zero-order valence-corrected chi connectivity index (χ0v) is 19.8. The number of esters is 1. The molecule has 0 fully saturated rings. The van der Waals surface area contributed by atoms with Crippen LogP contribution in [-0.4, -0.2) is 30.2 Å². The number of nitrogens with zero attached hydrogens (tertiary/aromatic N) is 1. The number of rotatable bonds is 10. The highest BCUT2D eigenvalue weighted by atomic mass is 16.6. The lowest BCUT2D eigenvalue weighted by atomic mass is 10.1. The summed E-state index contributed by atoms with van der Waals surface area (Å²) in [6.07, 6.45) is 0.969. The van der Waals surface area contributed by atoms with Crippen LogP contribution in [0.3, 0.4) is 0 Å². The summed E-state index contributed by atoms with van der Waals surface area (Å²) in [6.45, 7) is -0.0165. The minimum absolute atomic E-state index is 0.0901. The Bertz CT molecular complexity index is 1260. The average Bonchev–Trinajstić information content (AvgIpc) is 3.40. The first-order valence-corrected chi connectivity index (χ1v) is 11.4. The van der Waals surface area contributed by atoms with Crippen LogP contribution in [0.2, 0.25) is 0 Å². The second kappa shape index (κ2) is 12.2. The molecule has 0 unspecified atom stereocenters. The largest absolute Gasteiger partial charge is 0.497 e. The number of methoxy groups -OCH3 is 1. The maximum Gasteiger partial charge on any atom is 0.408 e. The minimum Gasteiger partial charge on any atom is -0.497 e. The number of nitrogens with one attached hydrogen (secondary N) is 1. The molecule has 4 aromatic rings. The maximum atomic E-state index is 12.9. The van der Waals surface area contributed by atoms with E-state index in [0.29, 0.717) is 11.6 Å². The summed E-state index contributed by atoms with van der Waals surface area (Å²) in [5.74, 6) is 0.510. The molecule has 1 atom stereocenters. The maximum absolute atomic E-state index is 12.9. The van der Waals surface area contributed by atoms with Gasteiger partial charge in [0.1, 0.15) is 37.0 Å². The average molecular weight is 487 g/mol. The SMILES string of the molecule is COc1ccc(-c2nc(COC(=O)[C@H](Cc3ccccc3)NC(=O)OCc3ccccc3)co2)cc1. The molecule has 0 bridgehead atoms. The number of amides is 1. The number of aromatic nitrogens is 1. The van der Waals surface area contributed by atoms with Gasteiger partial charge in [0.05, 0.1) is 7.11 Å². The van der Waals surface area contributed by atoms with Gasteiger partial charge in [0.2, 0.25) is 5.89 Å². The first-order chi connectivity index (χ1) is 17.6. The molecule has 4 rings (SSSR count). The van der Waals surface area contributed by atoms with Crippen LogP contribution in [0.1, 0.15) is 16.8 Å². The molecule has 8 heteroatoms. The molecule has 1 heterocycles. The lowest BCUT2D eigenvalue weighted by Crippen LogP contribution is -2.43. The van der Waals surface area contributed by atoms with E-state index in [0.717, 1.165) is 22.4 Å². The summed E-state index contributed by atoms with van der Waals surface area (Å²) < 4.78 is 21.4. The lowest BCUT2D eigenvalue weighted by molar-refractivity contribution is -0.147. The molecule has 0 aliphatic carbocycles. The van der Waals surface area contributed by atoms with Crippen molar-refractivity contribution in [1.29, 1.82) is 0 Å². The number of carbonyl (C=O) groups excluding carboxylic acids is 2. The second-order valence-corrected chi connectivity index (χ2v) is 7.93. The third-order valence-corrected chi connectivity index (χ3v) is 5.32. The molecule has 0 aliphatic heterocycles. The van der Waals surface area contributed by atoms with Crippen LogP contribution in [0.25, 0.3) is 11.5 Å². The fourth-order valence-corrected chi connectivity index (χ4v) is 3.44. The van der Waals surface area contributed by atoms with Crippen molar-refractivity contribution < 1.29 is 28.2 Å². The summed E-state index contributed by atoms with van der Waals surface area (Å²) in [7, 11) is 1.59. The molecule has 1 amide bonds. The Kier molecular flexibility index (Phi) is 8.32. The van der Waals surface area contributed by atoms with Gasteiger partial charge in [-0.05, 0) is 35.4 Å². The Hall–Kier alpha value is -4.59. The van der Waals surface area contributed by atoms with Gasteiger partial charge in [0.15, 0.2) is 0 Å². The van der Waals surface area contributed by atoms with E-state index in [1.165, 1.54) is 6.26 Å². The highest BCUT2D eigenvalue weighted by Gasteiger charge is 2.24. The van der Waals surface area contributed by atoms with E-state index < -0.39 is 18.1 Å². The van der Waals surface area contributed by atoms with Crippen LogP contribution < -0.4 is 10.1 Å². The van der Waals surface area contributed by atoms with Crippen molar-refractivity contribution in [2.75, 3.05) is 7.11 Å². The van der Waals surface area contributed by atoms with Gasteiger partial charge in [-0.3, -0.25) is 0 Å². The van der Waals surface area contributed by atoms with Gasteiger partial charge in [0, 0.05) is 12.0 Å². The van der Waals surface area contributed by atoms with Crippen molar-refractivity contribution in [2.24, 2.45) is 0 Å². The van der Waals surface area contributed by atoms with Crippen molar-refractivity contribution in [3.63, 3.8) is 0 Å². The summed E-state index contributed by atoms with van der Waals surface area (Å²) in [5.41, 5.74) is 2.91. The number of hydrogen-bond acceptors (Lipinski definition) is 7. The van der Waals surface area contributed by atoms with E-state index in [1.54, 1.807) is 19.2 Å². The van der Waals surface area contributed by atoms with Gasteiger partial charge in [-0.25, -0.2) is 14.6 Å². The van der Waals surface area contributed by atoms with Crippen LogP contribution in [0, 0.1) is 0 Å². The third-order valence-electron chi connectivity index (χ3n) is 5.32. The van der Waals surface area contributed by atoms with Crippen LogP contribution in [-0.2, 0) is 33.9 Å². The Balaban J connectivity index is 1.37. The third kappa shape index (κ3) is 6.96. The summed E-state index contributed by atoms with van der Waals surface area (Å²) >= 11 is 0. The molecular formula is C28H26N2O6. The van der Waals surface area contributed by atoms with Gasteiger partial charge < -0.3 is 23.9 Å². The highest BCUT2D eigenvalue weighted by molar-refractivity contribution is 5.81. The van der Waals surface area contributed by atoms with E-state index in [2.05, 4.69) is 10.3 Å². The van der Waals surface area contributed by atoms with Crippen LogP contribution in [0.15, 0.2) is 95.6 Å². The van der Waals surface area contributed by atoms with Crippen molar-refractivity contribution in [3.8, 4) is 17.2 Å². The van der Waals surface area contributed by atoms with Gasteiger partial charge in [-0.15, -0.1) is 0 Å². The Morgan fingerprint density at radius 3 is 2.19 bits per heavy atom. The van der Waals surface area contributed by atoms with Gasteiger partial charge in [-0.1, -0.05) is 60.7 Å². The summed E-state index contributed by atoms with van der Waals surface area (Å²) in [5, 5.41) is 2.62. The monoisotopic (exact) mass is 486 g/mol. The molecule has 1 aromatic heterocycles. The molecule has 0 radical (unpaired) electrons. The molecule has 8 nitrogen and oxygen atoms in total. The molecule has 0 saturated heterocycles. The number of oxazole rings is 1. The second-order valence-electron chi connectivity index (χ2n) is 7.93. The fraction of sp³-hybridized carbons (Fsp3) is 0.179. The van der Waals surface area contributed by atoms with E-state index >= 15 is 0 Å². The van der Waals surface area contributed by atoms with E-state index in [4.69, 9.17) is 18.6 Å². The number of hydrogen-bond donors (Lipinski definition) is 1. The van der Waals surface area contributed by atoms with E-state index in [1.807, 2.05) is 72.8 Å². The zero-order valence-electron chi connectivity index (χ0n) is 19.8. The van der Waals surface area contributed by atoms with Gasteiger partial charge in [0.25, 0.3) is 0 Å². The first-order valence-electron chi connectivity index (χ1n) is 11.4. The van der Waals surface area contributed by atoms with E-state index in [-0.39, 0.29) is 19.6 Å². The van der Waals surface area contributed by atoms with Crippen molar-refractivity contribution in [3.05, 3.63) is 108 Å². The molecular weight excluding hydrogens is 460 g/mol. The predicted octanol–water partition coefficient (Wildman–Crippen LogP) is 4.93. The number of carbonyl (C=O) groups is 2. The fourth-order valence-electron chi connectivity index (χ4n) is 3.44. The molecule has 0 spiro atoms. The molecule has 1 N–H and O–H groups in total. The summed E-state index contributed by atoms with van der Waals surface area (Å²) in [4.78, 5) is 29.7. The van der Waals surface area contributed by atoms with Gasteiger partial charge >= 0.3 is 12.1 Å². The topological polar surface area (TPSA) is 99.9 Å². The number of alkyl carbamates (subject to hydrolysis) is 1. The Morgan fingerprint density at radius 2 is 1.53 bits per heavy atom. The number of ether oxygens (including phenoxy) is 3.